The number of carbonyl (C=O) groups excluding carboxylic acids is 1. The molecular weight excluding hydrogens is 328 g/mol. The number of alkyl halides is 3. The number of benzene rings is 1. The van der Waals surface area contributed by atoms with Gasteiger partial charge in [0.1, 0.15) is 5.75 Å². The Morgan fingerprint density at radius 3 is 2.65 bits per heavy atom. The van der Waals surface area contributed by atoms with Gasteiger partial charge in [0.2, 0.25) is 0 Å². The predicted octanol–water partition coefficient (Wildman–Crippen LogP) is 3.00. The van der Waals surface area contributed by atoms with Gasteiger partial charge < -0.3 is 14.8 Å². The lowest BCUT2D eigenvalue weighted by Crippen LogP contribution is -2.47. The van der Waals surface area contributed by atoms with Crippen molar-refractivity contribution in [2.24, 2.45) is 0 Å². The van der Waals surface area contributed by atoms with Crippen LogP contribution in [0.25, 0.3) is 0 Å². The van der Waals surface area contributed by atoms with E-state index >= 15 is 0 Å². The average molecular weight is 348 g/mol. The summed E-state index contributed by atoms with van der Waals surface area (Å²) in [4.78, 5) is 11.4. The molecule has 1 aromatic carbocycles. The Bertz CT molecular complexity index is 569. The first kappa shape index (κ1) is 17.9. The van der Waals surface area contributed by atoms with Gasteiger partial charge in [0.25, 0.3) is 0 Å². The van der Waals surface area contributed by atoms with Crippen LogP contribution >= 0.6 is 11.6 Å². The van der Waals surface area contributed by atoms with E-state index in [-0.39, 0.29) is 6.54 Å². The highest BCUT2D eigenvalue weighted by atomic mass is 35.5. The lowest BCUT2D eigenvalue weighted by atomic mass is 9.73. The zero-order valence-electron chi connectivity index (χ0n) is 13.1. The van der Waals surface area contributed by atoms with Crippen molar-refractivity contribution < 1.29 is 23.0 Å². The van der Waals surface area contributed by atoms with Gasteiger partial charge in [-0.3, -0.25) is 4.79 Å². The van der Waals surface area contributed by atoms with E-state index in [9.17, 15) is 13.6 Å². The normalized spacial score (nSPS) is 17.6. The molecule has 7 heteroatoms. The van der Waals surface area contributed by atoms with Crippen LogP contribution in [0.5, 0.6) is 5.75 Å². The first-order chi connectivity index (χ1) is 10.8. The third kappa shape index (κ3) is 4.12. The van der Waals surface area contributed by atoms with E-state index in [2.05, 4.69) is 5.32 Å². The number of hydrogen-bond donors (Lipinski definition) is 1. The van der Waals surface area contributed by atoms with Crippen LogP contribution in [0, 0.1) is 6.92 Å². The Morgan fingerprint density at radius 2 is 2.09 bits per heavy atom. The smallest absolute Gasteiger partial charge is 0.399 e. The first-order valence-electron chi connectivity index (χ1n) is 7.36. The van der Waals surface area contributed by atoms with Crippen LogP contribution in [0.1, 0.15) is 24.0 Å². The van der Waals surface area contributed by atoms with Gasteiger partial charge in [-0.2, -0.15) is 8.78 Å². The third-order valence-corrected chi connectivity index (χ3v) is 4.39. The fourth-order valence-electron chi connectivity index (χ4n) is 2.89. The average Bonchev–Trinajstić information content (AvgIpc) is 2.52. The van der Waals surface area contributed by atoms with Crippen molar-refractivity contribution in [3.05, 3.63) is 29.3 Å². The number of halogens is 3. The Morgan fingerprint density at radius 1 is 1.43 bits per heavy atom. The summed E-state index contributed by atoms with van der Waals surface area (Å²) in [6.45, 7) is 2.98. The maximum Gasteiger partial charge on any atom is 0.399 e. The summed E-state index contributed by atoms with van der Waals surface area (Å²) in [6, 6.07) is 5.73. The minimum absolute atomic E-state index is 0.0529. The maximum atomic E-state index is 12.9. The fourth-order valence-corrected chi connectivity index (χ4v) is 2.96. The molecule has 4 nitrogen and oxygen atoms in total. The molecule has 1 aliphatic heterocycles. The topological polar surface area (TPSA) is 47.6 Å². The van der Waals surface area contributed by atoms with Crippen LogP contribution < -0.4 is 10.1 Å². The molecule has 128 valence electrons. The lowest BCUT2D eigenvalue weighted by molar-refractivity contribution is -0.136. The summed E-state index contributed by atoms with van der Waals surface area (Å²) in [5, 5.41) is -1.64. The molecule has 1 amide bonds. The van der Waals surface area contributed by atoms with E-state index < -0.39 is 16.7 Å². The van der Waals surface area contributed by atoms with Crippen LogP contribution in [0.4, 0.5) is 8.78 Å². The summed E-state index contributed by atoms with van der Waals surface area (Å²) < 4.78 is 36.6. The molecular formula is C16H20ClF2NO3. The summed E-state index contributed by atoms with van der Waals surface area (Å²) in [5.41, 5.74) is 1.40. The standard InChI is InChI=1S/C16H20ClF2NO3/c1-11-3-4-13(22-2)12(9-11)15(5-7-23-8-6-15)10-20-14(21)16(17,18)19/h3-4,9H,5-8,10H2,1-2H3,(H,20,21). The summed E-state index contributed by atoms with van der Waals surface area (Å²) >= 11 is 4.78. The van der Waals surface area contributed by atoms with Crippen molar-refractivity contribution in [3.63, 3.8) is 0 Å². The molecule has 1 heterocycles. The highest BCUT2D eigenvalue weighted by molar-refractivity contribution is 6.32. The number of ether oxygens (including phenoxy) is 2. The number of nitrogens with one attached hydrogen (secondary N) is 1. The van der Waals surface area contributed by atoms with Crippen molar-refractivity contribution in [1.82, 2.24) is 5.32 Å². The second kappa shape index (κ2) is 7.01. The number of carbonyl (C=O) groups is 1. The number of amides is 1. The summed E-state index contributed by atoms with van der Waals surface area (Å²) in [5.74, 6) is -0.818. The van der Waals surface area contributed by atoms with Crippen LogP contribution in [-0.4, -0.2) is 38.2 Å². The SMILES string of the molecule is COc1ccc(C)cc1C1(CNC(=O)C(F)(F)Cl)CCOCC1. The number of hydrogen-bond acceptors (Lipinski definition) is 3. The van der Waals surface area contributed by atoms with Gasteiger partial charge in [0, 0.05) is 30.7 Å². The number of methoxy groups -OCH3 is 1. The zero-order valence-corrected chi connectivity index (χ0v) is 13.9. The summed E-state index contributed by atoms with van der Waals surface area (Å²) in [7, 11) is 1.56. The Hall–Kier alpha value is -1.40. The molecule has 1 aliphatic rings. The Labute approximate surface area is 139 Å². The second-order valence-electron chi connectivity index (χ2n) is 5.78. The van der Waals surface area contributed by atoms with Crippen molar-refractivity contribution in [3.8, 4) is 5.75 Å². The molecule has 0 aliphatic carbocycles. The quantitative estimate of drug-likeness (QED) is 0.833. The van der Waals surface area contributed by atoms with Crippen molar-refractivity contribution in [2.75, 3.05) is 26.9 Å². The lowest BCUT2D eigenvalue weighted by Gasteiger charge is -2.39. The van der Waals surface area contributed by atoms with E-state index in [1.807, 2.05) is 25.1 Å². The van der Waals surface area contributed by atoms with Gasteiger partial charge in [-0.25, -0.2) is 0 Å². The molecule has 0 unspecified atom stereocenters. The molecule has 0 bridgehead atoms. The van der Waals surface area contributed by atoms with Gasteiger partial charge in [0.15, 0.2) is 0 Å². The molecule has 1 aromatic rings. The van der Waals surface area contributed by atoms with Gasteiger partial charge in [-0.05, 0) is 37.4 Å². The van der Waals surface area contributed by atoms with Crippen LogP contribution in [0.3, 0.4) is 0 Å². The van der Waals surface area contributed by atoms with Gasteiger partial charge in [0.05, 0.1) is 7.11 Å². The second-order valence-corrected chi connectivity index (χ2v) is 6.25. The molecule has 1 saturated heterocycles. The van der Waals surface area contributed by atoms with Gasteiger partial charge in [-0.15, -0.1) is 0 Å². The van der Waals surface area contributed by atoms with Crippen LogP contribution in [0.15, 0.2) is 18.2 Å². The first-order valence-corrected chi connectivity index (χ1v) is 7.74. The highest BCUT2D eigenvalue weighted by Gasteiger charge is 2.41. The van der Waals surface area contributed by atoms with Gasteiger partial charge >= 0.3 is 11.3 Å². The molecule has 1 fully saturated rings. The van der Waals surface area contributed by atoms with E-state index in [1.165, 1.54) is 0 Å². The molecule has 0 saturated carbocycles. The predicted molar refractivity (Wildman–Crippen MR) is 83.3 cm³/mol. The summed E-state index contributed by atoms with van der Waals surface area (Å²) in [6.07, 6.45) is 1.20. The van der Waals surface area contributed by atoms with Crippen molar-refractivity contribution in [1.29, 1.82) is 0 Å². The number of aryl methyl sites for hydroxylation is 1. The van der Waals surface area contributed by atoms with Crippen molar-refractivity contribution >= 4 is 17.5 Å². The minimum atomic E-state index is -3.91. The molecule has 23 heavy (non-hydrogen) atoms. The van der Waals surface area contributed by atoms with Crippen LogP contribution in [-0.2, 0) is 14.9 Å². The van der Waals surface area contributed by atoms with E-state index in [0.29, 0.717) is 31.8 Å². The van der Waals surface area contributed by atoms with Gasteiger partial charge in [-0.1, -0.05) is 17.7 Å². The Balaban J connectivity index is 2.33. The molecule has 0 aromatic heterocycles. The maximum absolute atomic E-state index is 12.9. The van der Waals surface area contributed by atoms with Crippen LogP contribution in [0.2, 0.25) is 0 Å². The largest absolute Gasteiger partial charge is 0.496 e. The monoisotopic (exact) mass is 347 g/mol. The minimum Gasteiger partial charge on any atom is -0.496 e. The van der Waals surface area contributed by atoms with Crippen molar-refractivity contribution in [2.45, 2.75) is 30.6 Å². The Kier molecular flexibility index (Phi) is 5.47. The zero-order chi connectivity index (χ0) is 17.1. The highest BCUT2D eigenvalue weighted by Crippen LogP contribution is 2.40. The third-order valence-electron chi connectivity index (χ3n) is 4.22. The molecule has 0 spiro atoms. The fraction of sp³-hybridized carbons (Fsp3) is 0.562. The number of rotatable bonds is 5. The molecule has 1 N–H and O–H groups in total. The molecule has 0 radical (unpaired) electrons. The van der Waals surface area contributed by atoms with E-state index in [4.69, 9.17) is 21.1 Å². The van der Waals surface area contributed by atoms with E-state index in [0.717, 1.165) is 11.1 Å². The van der Waals surface area contributed by atoms with E-state index in [1.54, 1.807) is 7.11 Å². The molecule has 2 rings (SSSR count). The molecule has 0 atom stereocenters.